The molecular weight excluding hydrogens is 586 g/mol. The number of amides is 5. The average Bonchev–Trinajstić information content (AvgIpc) is 2.96. The SMILES string of the molecule is NC(=O)[C@@H]1CSSC[C@H](NC(=O)[C@@H](N)Cc2ccccc2)C(=O)NCC(=O)N[C@H](Cc2ccc([N+](=O)[O-])cc2)C(=O)N1. The van der Waals surface area contributed by atoms with Crippen molar-refractivity contribution in [2.75, 3.05) is 18.1 Å². The van der Waals surface area contributed by atoms with Crippen molar-refractivity contribution in [1.29, 1.82) is 0 Å². The summed E-state index contributed by atoms with van der Waals surface area (Å²) in [4.78, 5) is 74.0. The minimum Gasteiger partial charge on any atom is -0.368 e. The summed E-state index contributed by atoms with van der Waals surface area (Å²) in [5.74, 6) is -3.30. The Balaban J connectivity index is 1.72. The number of hydrogen-bond acceptors (Lipinski definition) is 10. The van der Waals surface area contributed by atoms with Gasteiger partial charge in [0.2, 0.25) is 29.5 Å². The molecule has 0 unspecified atom stereocenters. The van der Waals surface area contributed by atoms with Gasteiger partial charge >= 0.3 is 0 Å². The van der Waals surface area contributed by atoms with Crippen LogP contribution in [0, 0.1) is 10.1 Å². The molecule has 16 heteroatoms. The largest absolute Gasteiger partial charge is 0.368 e. The Labute approximate surface area is 249 Å². The van der Waals surface area contributed by atoms with Crippen LogP contribution in [0.2, 0.25) is 0 Å². The van der Waals surface area contributed by atoms with Crippen molar-refractivity contribution < 1.29 is 28.9 Å². The molecule has 4 atom stereocenters. The normalized spacial score (nSPS) is 21.1. The van der Waals surface area contributed by atoms with Crippen LogP contribution in [0.3, 0.4) is 0 Å². The number of rotatable bonds is 8. The van der Waals surface area contributed by atoms with E-state index >= 15 is 0 Å². The molecule has 224 valence electrons. The molecule has 0 aliphatic carbocycles. The van der Waals surface area contributed by atoms with Crippen LogP contribution in [0.15, 0.2) is 54.6 Å². The lowest BCUT2D eigenvalue weighted by Gasteiger charge is -2.24. The molecule has 1 saturated heterocycles. The number of nitro groups is 1. The van der Waals surface area contributed by atoms with E-state index in [1.165, 1.54) is 35.1 Å². The first-order chi connectivity index (χ1) is 20.0. The molecule has 42 heavy (non-hydrogen) atoms. The number of nitro benzene ring substituents is 1. The van der Waals surface area contributed by atoms with Crippen LogP contribution < -0.4 is 32.7 Å². The molecule has 5 amide bonds. The Morgan fingerprint density at radius 3 is 2.29 bits per heavy atom. The van der Waals surface area contributed by atoms with Crippen molar-refractivity contribution in [1.82, 2.24) is 21.3 Å². The Morgan fingerprint density at radius 2 is 1.64 bits per heavy atom. The quantitative estimate of drug-likeness (QED) is 0.122. The second-order valence-electron chi connectivity index (χ2n) is 9.36. The van der Waals surface area contributed by atoms with Gasteiger partial charge in [-0.3, -0.25) is 34.1 Å². The first-order valence-electron chi connectivity index (χ1n) is 12.8. The van der Waals surface area contributed by atoms with E-state index in [9.17, 15) is 34.1 Å². The Bertz CT molecular complexity index is 1300. The van der Waals surface area contributed by atoms with Crippen LogP contribution in [0.4, 0.5) is 5.69 Å². The predicted octanol–water partition coefficient (Wildman–Crippen LogP) is -0.842. The summed E-state index contributed by atoms with van der Waals surface area (Å²) in [7, 11) is 2.32. The number of carbonyl (C=O) groups excluding carboxylic acids is 5. The molecule has 1 fully saturated rings. The molecule has 2 aromatic carbocycles. The van der Waals surface area contributed by atoms with Gasteiger partial charge in [0.25, 0.3) is 5.69 Å². The number of non-ortho nitro benzene ring substituents is 1. The maximum absolute atomic E-state index is 13.1. The van der Waals surface area contributed by atoms with E-state index in [-0.39, 0.29) is 30.0 Å². The Hall–Kier alpha value is -4.15. The summed E-state index contributed by atoms with van der Waals surface area (Å²) in [6, 6.07) is 10.3. The predicted molar refractivity (Wildman–Crippen MR) is 158 cm³/mol. The molecule has 0 bridgehead atoms. The molecule has 0 saturated carbocycles. The molecule has 0 aromatic heterocycles. The maximum Gasteiger partial charge on any atom is 0.269 e. The van der Waals surface area contributed by atoms with Gasteiger partial charge in [0.05, 0.1) is 17.5 Å². The smallest absolute Gasteiger partial charge is 0.269 e. The van der Waals surface area contributed by atoms with Crippen molar-refractivity contribution in [3.05, 3.63) is 75.8 Å². The number of nitrogens with two attached hydrogens (primary N) is 2. The summed E-state index contributed by atoms with van der Waals surface area (Å²) in [6.45, 7) is -0.512. The van der Waals surface area contributed by atoms with Crippen molar-refractivity contribution in [3.8, 4) is 0 Å². The zero-order valence-electron chi connectivity index (χ0n) is 22.3. The Kier molecular flexibility index (Phi) is 12.1. The summed E-state index contributed by atoms with van der Waals surface area (Å²) in [5, 5.41) is 21.1. The van der Waals surface area contributed by atoms with Crippen molar-refractivity contribution in [2.45, 2.75) is 37.0 Å². The van der Waals surface area contributed by atoms with Gasteiger partial charge in [-0.05, 0) is 17.5 Å². The minimum absolute atomic E-state index is 0.0414. The lowest BCUT2D eigenvalue weighted by Crippen LogP contribution is -2.57. The van der Waals surface area contributed by atoms with E-state index in [2.05, 4.69) is 21.3 Å². The highest BCUT2D eigenvalue weighted by Crippen LogP contribution is 2.23. The van der Waals surface area contributed by atoms with E-state index in [4.69, 9.17) is 11.5 Å². The third-order valence-corrected chi connectivity index (χ3v) is 8.56. The van der Waals surface area contributed by atoms with E-state index in [1.54, 1.807) is 0 Å². The highest BCUT2D eigenvalue weighted by molar-refractivity contribution is 8.76. The van der Waals surface area contributed by atoms with Crippen LogP contribution in [0.5, 0.6) is 0 Å². The molecule has 1 heterocycles. The highest BCUT2D eigenvalue weighted by atomic mass is 33.1. The fourth-order valence-corrected chi connectivity index (χ4v) is 6.20. The third-order valence-electron chi connectivity index (χ3n) is 6.14. The molecular formula is C26H31N7O7S2. The van der Waals surface area contributed by atoms with E-state index in [0.717, 1.165) is 16.4 Å². The molecule has 14 nitrogen and oxygen atoms in total. The molecule has 1 aliphatic heterocycles. The fraction of sp³-hybridized carbons (Fsp3) is 0.346. The van der Waals surface area contributed by atoms with Gasteiger partial charge in [-0.25, -0.2) is 0 Å². The molecule has 8 N–H and O–H groups in total. The van der Waals surface area contributed by atoms with Gasteiger partial charge in [0.1, 0.15) is 18.1 Å². The minimum atomic E-state index is -1.19. The van der Waals surface area contributed by atoms with Crippen LogP contribution >= 0.6 is 21.6 Å². The molecule has 0 spiro atoms. The van der Waals surface area contributed by atoms with Crippen molar-refractivity contribution in [2.24, 2.45) is 11.5 Å². The van der Waals surface area contributed by atoms with Gasteiger partial charge in [-0.1, -0.05) is 64.1 Å². The van der Waals surface area contributed by atoms with Crippen LogP contribution in [-0.4, -0.2) is 76.7 Å². The second-order valence-corrected chi connectivity index (χ2v) is 11.9. The van der Waals surface area contributed by atoms with Gasteiger partial charge < -0.3 is 32.7 Å². The lowest BCUT2D eigenvalue weighted by atomic mass is 10.0. The Morgan fingerprint density at radius 1 is 0.976 bits per heavy atom. The van der Waals surface area contributed by atoms with E-state index in [1.807, 2.05) is 30.3 Å². The molecule has 2 aromatic rings. The zero-order valence-corrected chi connectivity index (χ0v) is 24.0. The van der Waals surface area contributed by atoms with Crippen LogP contribution in [0.25, 0.3) is 0 Å². The summed E-state index contributed by atoms with van der Waals surface area (Å²) < 4.78 is 0. The lowest BCUT2D eigenvalue weighted by molar-refractivity contribution is -0.384. The maximum atomic E-state index is 13.1. The van der Waals surface area contributed by atoms with E-state index in [0.29, 0.717) is 5.56 Å². The highest BCUT2D eigenvalue weighted by Gasteiger charge is 2.29. The van der Waals surface area contributed by atoms with Crippen LogP contribution in [-0.2, 0) is 36.8 Å². The number of benzene rings is 2. The molecule has 3 rings (SSSR count). The molecule has 1 aliphatic rings. The van der Waals surface area contributed by atoms with Crippen LogP contribution in [0.1, 0.15) is 11.1 Å². The summed E-state index contributed by atoms with van der Waals surface area (Å²) >= 11 is 0. The van der Waals surface area contributed by atoms with Crippen molar-refractivity contribution in [3.63, 3.8) is 0 Å². The number of nitrogens with one attached hydrogen (secondary N) is 4. The second kappa shape index (κ2) is 15.7. The monoisotopic (exact) mass is 617 g/mol. The number of nitrogens with zero attached hydrogens (tertiary/aromatic N) is 1. The third kappa shape index (κ3) is 10.0. The first kappa shape index (κ1) is 32.4. The van der Waals surface area contributed by atoms with Gasteiger partial charge in [-0.15, -0.1) is 0 Å². The summed E-state index contributed by atoms with van der Waals surface area (Å²) in [5.41, 5.74) is 12.8. The summed E-state index contributed by atoms with van der Waals surface area (Å²) in [6.07, 6.45) is 0.191. The first-order valence-corrected chi connectivity index (χ1v) is 15.3. The van der Waals surface area contributed by atoms with Gasteiger partial charge in [0.15, 0.2) is 0 Å². The number of carbonyl (C=O) groups is 5. The van der Waals surface area contributed by atoms with Crippen molar-refractivity contribution >= 4 is 56.8 Å². The van der Waals surface area contributed by atoms with E-state index < -0.39 is 65.2 Å². The fourth-order valence-electron chi connectivity index (χ4n) is 3.86. The zero-order chi connectivity index (χ0) is 30.6. The average molecular weight is 618 g/mol. The standard InChI is InChI=1S/C26H31N7O7S2/c27-18(10-15-4-2-1-3-5-15)24(36)32-21-14-42-41-13-20(23(28)35)31-26(38)19(30-22(34)12-29-25(21)37)11-16-6-8-17(9-7-16)33(39)40/h1-9,18-21H,10-14,27H2,(H2,28,35)(H,29,37)(H,30,34)(H,31,38)(H,32,36)/t18-,19+,20-,21-/m0/s1. The number of primary amides is 1. The topological polar surface area (TPSA) is 229 Å². The van der Waals surface area contributed by atoms with Gasteiger partial charge in [0, 0.05) is 30.1 Å². The molecule has 0 radical (unpaired) electrons. The number of hydrogen-bond donors (Lipinski definition) is 6. The van der Waals surface area contributed by atoms with Gasteiger partial charge in [-0.2, -0.15) is 0 Å².